The molecule has 204 valence electrons. The van der Waals surface area contributed by atoms with Crippen LogP contribution in [-0.2, 0) is 11.8 Å². The molecular weight excluding hydrogens is 496 g/mol. The average Bonchev–Trinajstić information content (AvgIpc) is 3.54. The first-order valence-electron chi connectivity index (χ1n) is 13.5. The molecule has 6 rings (SSSR count). The summed E-state index contributed by atoms with van der Waals surface area (Å²) in [6.45, 7) is 3.15. The summed E-state index contributed by atoms with van der Waals surface area (Å²) in [4.78, 5) is 34.7. The molecule has 5 heterocycles. The smallest absolute Gasteiger partial charge is 0.319 e. The Morgan fingerprint density at radius 3 is 2.77 bits per heavy atom. The van der Waals surface area contributed by atoms with Gasteiger partial charge in [-0.15, -0.1) is 0 Å². The van der Waals surface area contributed by atoms with Gasteiger partial charge in [0.15, 0.2) is 5.76 Å². The van der Waals surface area contributed by atoms with Crippen LogP contribution in [0.25, 0.3) is 17.1 Å². The lowest BCUT2D eigenvalue weighted by atomic mass is 10.1. The highest BCUT2D eigenvalue weighted by Gasteiger charge is 2.35. The summed E-state index contributed by atoms with van der Waals surface area (Å²) >= 11 is 0. The molecule has 39 heavy (non-hydrogen) atoms. The third kappa shape index (κ3) is 5.09. The topological polar surface area (TPSA) is 101 Å². The van der Waals surface area contributed by atoms with Crippen molar-refractivity contribution < 1.29 is 19.1 Å². The van der Waals surface area contributed by atoms with E-state index in [9.17, 15) is 9.59 Å². The summed E-state index contributed by atoms with van der Waals surface area (Å²) in [5.74, 6) is 0.512. The van der Waals surface area contributed by atoms with Gasteiger partial charge >= 0.3 is 6.03 Å². The van der Waals surface area contributed by atoms with Gasteiger partial charge in [0, 0.05) is 55.7 Å². The zero-order valence-corrected chi connectivity index (χ0v) is 22.6. The number of morpholine rings is 1. The summed E-state index contributed by atoms with van der Waals surface area (Å²) in [6.07, 6.45) is 9.18. The van der Waals surface area contributed by atoms with Crippen molar-refractivity contribution in [2.75, 3.05) is 50.5 Å². The minimum atomic E-state index is -0.303. The minimum absolute atomic E-state index is 0.216. The molecule has 0 aliphatic carbocycles. The summed E-state index contributed by atoms with van der Waals surface area (Å²) in [6, 6.07) is 6.86. The number of aryl methyl sites for hydroxylation is 1. The van der Waals surface area contributed by atoms with E-state index in [0.29, 0.717) is 23.5 Å². The van der Waals surface area contributed by atoms with Gasteiger partial charge in [-0.25, -0.2) is 9.78 Å². The van der Waals surface area contributed by atoms with Gasteiger partial charge in [-0.05, 0) is 70.2 Å². The zero-order valence-electron chi connectivity index (χ0n) is 22.6. The first-order chi connectivity index (χ1) is 18.9. The monoisotopic (exact) mass is 530 g/mol. The van der Waals surface area contributed by atoms with Gasteiger partial charge in [0.25, 0.3) is 0 Å². The van der Waals surface area contributed by atoms with E-state index in [2.05, 4.69) is 25.4 Å². The maximum Gasteiger partial charge on any atom is 0.319 e. The summed E-state index contributed by atoms with van der Waals surface area (Å²) < 4.78 is 14.0. The van der Waals surface area contributed by atoms with Crippen LogP contribution in [0.1, 0.15) is 35.2 Å². The minimum Gasteiger partial charge on any atom is -0.452 e. The maximum absolute atomic E-state index is 13.4. The molecule has 2 bridgehead atoms. The molecule has 10 nitrogen and oxygen atoms in total. The lowest BCUT2D eigenvalue weighted by Gasteiger charge is -2.34. The zero-order chi connectivity index (χ0) is 27.1. The van der Waals surface area contributed by atoms with E-state index in [1.807, 2.05) is 44.2 Å². The number of benzene rings is 1. The van der Waals surface area contributed by atoms with E-state index in [0.717, 1.165) is 61.2 Å². The van der Waals surface area contributed by atoms with Crippen LogP contribution in [0, 0.1) is 0 Å². The van der Waals surface area contributed by atoms with Gasteiger partial charge in [-0.1, -0.05) is 0 Å². The van der Waals surface area contributed by atoms with Crippen molar-refractivity contribution in [1.82, 2.24) is 19.8 Å². The van der Waals surface area contributed by atoms with Crippen molar-refractivity contribution in [2.45, 2.75) is 31.5 Å². The Balaban J connectivity index is 1.22. The van der Waals surface area contributed by atoms with Crippen molar-refractivity contribution >= 4 is 40.3 Å². The number of aromatic nitrogens is 2. The predicted molar refractivity (Wildman–Crippen MR) is 150 cm³/mol. The van der Waals surface area contributed by atoms with Crippen molar-refractivity contribution in [3.05, 3.63) is 53.5 Å². The second-order valence-electron chi connectivity index (χ2n) is 10.8. The lowest BCUT2D eigenvalue weighted by molar-refractivity contribution is 0.0306. The Bertz CT molecular complexity index is 1450. The third-order valence-electron chi connectivity index (χ3n) is 7.53. The number of urea groups is 1. The molecule has 2 N–H and O–H groups in total. The molecule has 2 amide bonds. The Kier molecular flexibility index (Phi) is 6.74. The van der Waals surface area contributed by atoms with Crippen LogP contribution in [0.15, 0.2) is 42.4 Å². The maximum atomic E-state index is 13.4. The molecule has 2 atom stereocenters. The number of nitrogens with zero attached hydrogens (tertiary/aromatic N) is 4. The Morgan fingerprint density at radius 2 is 2.00 bits per heavy atom. The quantitative estimate of drug-likeness (QED) is 0.355. The number of ether oxygens (including phenoxy) is 2. The van der Waals surface area contributed by atoms with Crippen LogP contribution < -0.4 is 20.3 Å². The van der Waals surface area contributed by atoms with E-state index < -0.39 is 0 Å². The molecule has 2 saturated heterocycles. The van der Waals surface area contributed by atoms with E-state index in [4.69, 9.17) is 9.47 Å². The number of carbonyl (C=O) groups excluding carboxylic acids is 2. The number of hydrogen-bond donors (Lipinski definition) is 2. The SMILES string of the molecule is CN(C)CCCNC(=O)Nc1ccc2c(c1)C(=O)/C(=C/c1cn(C)c3nccc(N4CC5CCC(C4)O5)c13)O2. The number of pyridine rings is 1. The molecule has 3 aromatic rings. The van der Waals surface area contributed by atoms with Gasteiger partial charge in [-0.3, -0.25) is 4.79 Å². The largest absolute Gasteiger partial charge is 0.452 e. The van der Waals surface area contributed by atoms with Crippen LogP contribution >= 0.6 is 0 Å². The number of rotatable bonds is 7. The molecule has 2 fully saturated rings. The van der Waals surface area contributed by atoms with Crippen LogP contribution in [0.4, 0.5) is 16.2 Å². The average molecular weight is 531 g/mol. The normalized spacial score (nSPS) is 21.1. The molecule has 10 heteroatoms. The summed E-state index contributed by atoms with van der Waals surface area (Å²) in [5, 5.41) is 6.65. The van der Waals surface area contributed by atoms with Crippen molar-refractivity contribution in [3.63, 3.8) is 0 Å². The summed E-state index contributed by atoms with van der Waals surface area (Å²) in [7, 11) is 5.95. The van der Waals surface area contributed by atoms with Crippen LogP contribution in [0.3, 0.4) is 0 Å². The van der Waals surface area contributed by atoms with Gasteiger partial charge in [0.05, 0.1) is 23.5 Å². The van der Waals surface area contributed by atoms with Crippen LogP contribution in [0.2, 0.25) is 0 Å². The van der Waals surface area contributed by atoms with E-state index in [-0.39, 0.29) is 29.8 Å². The van der Waals surface area contributed by atoms with Gasteiger partial charge in [-0.2, -0.15) is 0 Å². The van der Waals surface area contributed by atoms with E-state index in [1.54, 1.807) is 24.3 Å². The second-order valence-corrected chi connectivity index (χ2v) is 10.8. The Hall–Kier alpha value is -3.89. The Morgan fingerprint density at radius 1 is 1.21 bits per heavy atom. The van der Waals surface area contributed by atoms with Gasteiger partial charge in [0.2, 0.25) is 5.78 Å². The number of allylic oxidation sites excluding steroid dienone is 1. The predicted octanol–water partition coefficient (Wildman–Crippen LogP) is 3.63. The number of fused-ring (bicyclic) bond motifs is 4. The fraction of sp³-hybridized carbons (Fsp3) is 0.414. The number of anilines is 2. The lowest BCUT2D eigenvalue weighted by Crippen LogP contribution is -2.42. The first-order valence-corrected chi connectivity index (χ1v) is 13.5. The van der Waals surface area contributed by atoms with Gasteiger partial charge in [0.1, 0.15) is 11.4 Å². The molecule has 1 aromatic carbocycles. The molecule has 0 radical (unpaired) electrons. The fourth-order valence-electron chi connectivity index (χ4n) is 5.68. The number of carbonyl (C=O) groups is 2. The highest BCUT2D eigenvalue weighted by atomic mass is 16.5. The van der Waals surface area contributed by atoms with Crippen molar-refractivity contribution in [3.8, 4) is 5.75 Å². The van der Waals surface area contributed by atoms with E-state index >= 15 is 0 Å². The Labute approximate surface area is 227 Å². The highest BCUT2D eigenvalue weighted by molar-refractivity contribution is 6.16. The number of hydrogen-bond acceptors (Lipinski definition) is 7. The second kappa shape index (κ2) is 10.3. The van der Waals surface area contributed by atoms with Crippen molar-refractivity contribution in [1.29, 1.82) is 0 Å². The number of Topliss-reactive ketones (excluding diaryl/α,β-unsaturated/α-hetero) is 1. The molecule has 2 aromatic heterocycles. The highest BCUT2D eigenvalue weighted by Crippen LogP contribution is 2.38. The van der Waals surface area contributed by atoms with Crippen LogP contribution in [0.5, 0.6) is 5.75 Å². The molecule has 3 aliphatic rings. The standard InChI is InChI=1S/C29H34N6O4/c1-33(2)12-4-10-31-29(37)32-19-5-8-24-22(14-19)27(36)25(39-24)13-18-15-34(3)28-26(18)23(9-11-30-28)35-16-20-6-7-21(17-35)38-20/h5,8-9,11,13-15,20-21H,4,6-7,10,12,16-17H2,1-3H3,(H2,31,32,37)/b25-13-. The molecule has 2 unspecified atom stereocenters. The number of ketones is 1. The third-order valence-corrected chi connectivity index (χ3v) is 7.53. The summed E-state index contributed by atoms with van der Waals surface area (Å²) in [5.41, 5.74) is 3.79. The first kappa shape index (κ1) is 25.4. The van der Waals surface area contributed by atoms with Crippen LogP contribution in [-0.4, -0.2) is 78.7 Å². The number of nitrogens with one attached hydrogen (secondary N) is 2. The van der Waals surface area contributed by atoms with Crippen molar-refractivity contribution in [2.24, 2.45) is 7.05 Å². The molecule has 0 saturated carbocycles. The fourth-order valence-corrected chi connectivity index (χ4v) is 5.68. The molecule has 0 spiro atoms. The molecule has 3 aliphatic heterocycles. The van der Waals surface area contributed by atoms with E-state index in [1.165, 1.54) is 0 Å². The number of amides is 2. The molecular formula is C29H34N6O4. The van der Waals surface area contributed by atoms with Gasteiger partial charge < -0.3 is 34.5 Å².